The number of aryl methyl sites for hydroxylation is 1. The first-order valence-corrected chi connectivity index (χ1v) is 21.7. The van der Waals surface area contributed by atoms with Gasteiger partial charge in [-0.3, -0.25) is 0 Å². The van der Waals surface area contributed by atoms with Gasteiger partial charge in [0.2, 0.25) is 0 Å². The fourth-order valence-electron chi connectivity index (χ4n) is 11.6. The van der Waals surface area contributed by atoms with E-state index in [2.05, 4.69) is 84.1 Å². The van der Waals surface area contributed by atoms with Gasteiger partial charge in [-0.2, -0.15) is 0 Å². The third-order valence-electron chi connectivity index (χ3n) is 14.1. The van der Waals surface area contributed by atoms with Crippen LogP contribution in [0.15, 0.2) is 45.6 Å². The van der Waals surface area contributed by atoms with Crippen LogP contribution < -0.4 is 5.32 Å². The summed E-state index contributed by atoms with van der Waals surface area (Å²) in [5.41, 5.74) is 3.66. The SMILES string of the molecule is Cc1ccc(C2(NC(=O)/C=C/C34CCC5I(CCC6C5(C)CCC5C(C)(C)C(O)CCC56C)C3=C(C(C)C)C(=O)C4)CC2)cc1. The Balaban J connectivity index is 1.18. The van der Waals surface area contributed by atoms with Gasteiger partial charge in [0, 0.05) is 0 Å². The van der Waals surface area contributed by atoms with E-state index in [1.807, 2.05) is 6.08 Å². The minimum absolute atomic E-state index is 0.0119. The number of hydrogen-bond acceptors (Lipinski definition) is 3. The number of ketones is 1. The summed E-state index contributed by atoms with van der Waals surface area (Å²) >= 11 is -1.71. The molecule has 7 unspecified atom stereocenters. The number of aliphatic hydroxyl groups is 1. The molecule has 2 N–H and O–H groups in total. The van der Waals surface area contributed by atoms with Crippen molar-refractivity contribution < 1.29 is 14.7 Å². The summed E-state index contributed by atoms with van der Waals surface area (Å²) in [5, 5.41) is 14.4. The molecular weight excluding hydrogens is 669 g/mol. The molecule has 3 saturated carbocycles. The van der Waals surface area contributed by atoms with E-state index in [4.69, 9.17) is 0 Å². The number of rotatable bonds is 5. The quantitative estimate of drug-likeness (QED) is 0.181. The van der Waals surface area contributed by atoms with Crippen LogP contribution in [0.2, 0.25) is 0 Å². The predicted octanol–water partition coefficient (Wildman–Crippen LogP) is 8.82. The number of carbonyl (C=O) groups is 2. The number of amides is 1. The molecule has 2 saturated heterocycles. The van der Waals surface area contributed by atoms with Gasteiger partial charge in [0.1, 0.15) is 0 Å². The van der Waals surface area contributed by atoms with Gasteiger partial charge in [-0.25, -0.2) is 0 Å². The Kier molecular flexibility index (Phi) is 7.68. The molecule has 6 aliphatic rings. The monoisotopic (exact) mass is 725 g/mol. The number of hydrogen-bond donors (Lipinski definition) is 2. The van der Waals surface area contributed by atoms with Crippen LogP contribution in [-0.2, 0) is 15.1 Å². The number of allylic oxidation sites excluding steroid dienone is 3. The maximum absolute atomic E-state index is 13.9. The van der Waals surface area contributed by atoms with E-state index in [1.165, 1.54) is 41.2 Å². The van der Waals surface area contributed by atoms with Crippen molar-refractivity contribution in [3.63, 3.8) is 0 Å². The molecule has 246 valence electrons. The Morgan fingerprint density at radius 3 is 2.29 bits per heavy atom. The summed E-state index contributed by atoms with van der Waals surface area (Å²) in [4.78, 5) is 27.4. The summed E-state index contributed by atoms with van der Waals surface area (Å²) in [7, 11) is 0. The minimum atomic E-state index is -1.71. The van der Waals surface area contributed by atoms with Gasteiger partial charge in [0.25, 0.3) is 0 Å². The molecule has 1 aromatic rings. The van der Waals surface area contributed by atoms with Crippen LogP contribution in [0.1, 0.15) is 117 Å². The van der Waals surface area contributed by atoms with Gasteiger partial charge in [-0.05, 0) is 0 Å². The van der Waals surface area contributed by atoms with Gasteiger partial charge in [0.05, 0.1) is 0 Å². The van der Waals surface area contributed by atoms with Gasteiger partial charge in [-0.1, -0.05) is 0 Å². The molecule has 2 aliphatic heterocycles. The molecule has 5 fully saturated rings. The third-order valence-corrected chi connectivity index (χ3v) is 22.8. The van der Waals surface area contributed by atoms with Crippen molar-refractivity contribution in [3.05, 3.63) is 56.7 Å². The fourth-order valence-corrected chi connectivity index (χ4v) is 22.1. The molecule has 4 nitrogen and oxygen atoms in total. The standard InChI is InChI=1S/C40H56INO3/c1-25(2)34-28(43)24-39(20-15-33(45)42-40(21-22-40)27-10-8-26(3)9-11-27)19-13-31-38(7)17-12-29-36(4,5)32(44)14-18-37(29,6)30(38)16-23-41(31)35(34)39/h8-11,15,20,25,29-32,44H,12-14,16-19,21-24H2,1-7H3,(H,42,45)/b20-15+. The van der Waals surface area contributed by atoms with Crippen LogP contribution in [-0.4, -0.2) is 31.3 Å². The van der Waals surface area contributed by atoms with Crippen LogP contribution in [0.5, 0.6) is 0 Å². The predicted molar refractivity (Wildman–Crippen MR) is 191 cm³/mol. The Hall–Kier alpha value is -1.47. The first-order valence-electron chi connectivity index (χ1n) is 17.9. The number of carbonyl (C=O) groups excluding carboxylic acids is 2. The molecule has 1 amide bonds. The van der Waals surface area contributed by atoms with Crippen molar-refractivity contribution in [1.29, 1.82) is 0 Å². The van der Waals surface area contributed by atoms with Crippen molar-refractivity contribution in [1.82, 2.24) is 5.32 Å². The number of benzene rings is 1. The second kappa shape index (κ2) is 10.8. The maximum atomic E-state index is 13.9. The normalized spacial score (nSPS) is 40.6. The topological polar surface area (TPSA) is 66.4 Å². The number of fused-ring (bicyclic) bond motifs is 7. The Bertz CT molecular complexity index is 1450. The van der Waals surface area contributed by atoms with E-state index in [1.54, 1.807) is 3.58 Å². The van der Waals surface area contributed by atoms with Gasteiger partial charge < -0.3 is 0 Å². The third kappa shape index (κ3) is 4.81. The number of nitrogens with one attached hydrogen (secondary N) is 1. The van der Waals surface area contributed by atoms with Crippen LogP contribution in [0.4, 0.5) is 0 Å². The second-order valence-electron chi connectivity index (χ2n) is 17.3. The molecule has 2 heterocycles. The number of halogens is 1. The summed E-state index contributed by atoms with van der Waals surface area (Å²) in [6.07, 6.45) is 14.4. The van der Waals surface area contributed by atoms with Crippen molar-refractivity contribution in [2.24, 2.45) is 39.4 Å². The Morgan fingerprint density at radius 1 is 0.933 bits per heavy atom. The number of Topliss-reactive ketones (excluding diaryl/α,β-unsaturated/α-hetero) is 1. The molecule has 4 aliphatic carbocycles. The first kappa shape index (κ1) is 32.1. The Labute approximate surface area is 279 Å². The molecule has 0 aromatic heterocycles. The Morgan fingerprint density at radius 2 is 1.62 bits per heavy atom. The molecular formula is C40H56INO3. The number of aliphatic hydroxyl groups excluding tert-OH is 1. The molecule has 0 spiro atoms. The zero-order valence-electron chi connectivity index (χ0n) is 28.8. The molecule has 5 heteroatoms. The van der Waals surface area contributed by atoms with Gasteiger partial charge in [0.15, 0.2) is 0 Å². The van der Waals surface area contributed by atoms with Gasteiger partial charge in [-0.15, -0.1) is 0 Å². The van der Waals surface area contributed by atoms with E-state index in [0.29, 0.717) is 29.5 Å². The fraction of sp³-hybridized carbons (Fsp3) is 0.700. The van der Waals surface area contributed by atoms with E-state index >= 15 is 0 Å². The van der Waals surface area contributed by atoms with Crippen LogP contribution >= 0.6 is 19.8 Å². The van der Waals surface area contributed by atoms with Gasteiger partial charge >= 0.3 is 280 Å². The molecule has 7 rings (SSSR count). The molecule has 45 heavy (non-hydrogen) atoms. The molecule has 0 radical (unpaired) electrons. The summed E-state index contributed by atoms with van der Waals surface area (Å²) in [5.74, 6) is 1.85. The summed E-state index contributed by atoms with van der Waals surface area (Å²) < 4.78 is 3.60. The average Bonchev–Trinajstić information content (AvgIpc) is 3.68. The second-order valence-corrected chi connectivity index (χ2v) is 23.2. The summed E-state index contributed by atoms with van der Waals surface area (Å²) in [6, 6.07) is 8.58. The van der Waals surface area contributed by atoms with E-state index < -0.39 is 19.8 Å². The van der Waals surface area contributed by atoms with E-state index in [9.17, 15) is 14.7 Å². The van der Waals surface area contributed by atoms with Crippen molar-refractivity contribution in [3.8, 4) is 0 Å². The zero-order chi connectivity index (χ0) is 32.2. The zero-order valence-corrected chi connectivity index (χ0v) is 30.9. The first-order chi connectivity index (χ1) is 21.2. The number of alkyl halides is 2. The molecule has 7 atom stereocenters. The van der Waals surface area contributed by atoms with Crippen molar-refractivity contribution in [2.45, 2.75) is 128 Å². The van der Waals surface area contributed by atoms with E-state index in [0.717, 1.165) is 41.6 Å². The molecule has 0 bridgehead atoms. The van der Waals surface area contributed by atoms with Crippen LogP contribution in [0.3, 0.4) is 0 Å². The van der Waals surface area contributed by atoms with Crippen LogP contribution in [0.25, 0.3) is 0 Å². The van der Waals surface area contributed by atoms with Crippen LogP contribution in [0, 0.1) is 46.3 Å². The van der Waals surface area contributed by atoms with Crippen molar-refractivity contribution >= 4 is 31.5 Å². The average molecular weight is 726 g/mol. The van der Waals surface area contributed by atoms with E-state index in [-0.39, 0.29) is 39.7 Å². The van der Waals surface area contributed by atoms with Crippen molar-refractivity contribution in [2.75, 3.05) is 4.43 Å². The summed E-state index contributed by atoms with van der Waals surface area (Å²) in [6.45, 7) is 16.4. The molecule has 1 aromatic carbocycles.